The first kappa shape index (κ1) is 10.0. The lowest BCUT2D eigenvalue weighted by Gasteiger charge is -2.36. The van der Waals surface area contributed by atoms with Crippen LogP contribution in [0.3, 0.4) is 0 Å². The van der Waals surface area contributed by atoms with E-state index in [9.17, 15) is 4.79 Å². The molecule has 80 valence electrons. The molecule has 2 fully saturated rings. The Hall–Kier alpha value is -0.530. The second kappa shape index (κ2) is 4.33. The molecule has 0 radical (unpaired) electrons. The van der Waals surface area contributed by atoms with Gasteiger partial charge in [-0.1, -0.05) is 32.1 Å². The summed E-state index contributed by atoms with van der Waals surface area (Å²) in [6.07, 6.45) is 10.1. The predicted molar refractivity (Wildman–Crippen MR) is 55.0 cm³/mol. The van der Waals surface area contributed by atoms with Gasteiger partial charge in [0.2, 0.25) is 0 Å². The van der Waals surface area contributed by atoms with Gasteiger partial charge in [0.15, 0.2) is 0 Å². The zero-order valence-electron chi connectivity index (χ0n) is 8.74. The number of aliphatic carboxylic acids is 1. The molecule has 2 aliphatic rings. The van der Waals surface area contributed by atoms with Crippen LogP contribution in [-0.2, 0) is 4.79 Å². The molecule has 2 aliphatic carbocycles. The van der Waals surface area contributed by atoms with Gasteiger partial charge in [0, 0.05) is 0 Å². The molecule has 14 heavy (non-hydrogen) atoms. The summed E-state index contributed by atoms with van der Waals surface area (Å²) in [5.41, 5.74) is 0. The van der Waals surface area contributed by atoms with Crippen LogP contribution in [0.5, 0.6) is 0 Å². The average Bonchev–Trinajstić information content (AvgIpc) is 2.13. The molecule has 2 rings (SSSR count). The summed E-state index contributed by atoms with van der Waals surface area (Å²) < 4.78 is 0. The topological polar surface area (TPSA) is 37.3 Å². The van der Waals surface area contributed by atoms with E-state index in [0.29, 0.717) is 5.92 Å². The van der Waals surface area contributed by atoms with E-state index in [1.54, 1.807) is 0 Å². The number of carbonyl (C=O) groups is 1. The summed E-state index contributed by atoms with van der Waals surface area (Å²) in [5.74, 6) is 0.792. The van der Waals surface area contributed by atoms with E-state index in [2.05, 4.69) is 0 Å². The highest BCUT2D eigenvalue weighted by molar-refractivity contribution is 5.71. The van der Waals surface area contributed by atoms with E-state index in [0.717, 1.165) is 18.8 Å². The lowest BCUT2D eigenvalue weighted by molar-refractivity contribution is -0.148. The third kappa shape index (κ3) is 2.10. The summed E-state index contributed by atoms with van der Waals surface area (Å²) in [6, 6.07) is 0. The fourth-order valence-electron chi connectivity index (χ4n) is 3.03. The van der Waals surface area contributed by atoms with Crippen molar-refractivity contribution in [1.82, 2.24) is 0 Å². The van der Waals surface area contributed by atoms with Crippen LogP contribution in [0.2, 0.25) is 0 Å². The Morgan fingerprint density at radius 3 is 2.29 bits per heavy atom. The fourth-order valence-corrected chi connectivity index (χ4v) is 3.03. The van der Waals surface area contributed by atoms with Gasteiger partial charge in [0.05, 0.1) is 5.92 Å². The van der Waals surface area contributed by atoms with Gasteiger partial charge in [-0.15, -0.1) is 0 Å². The maximum Gasteiger partial charge on any atom is 0.306 e. The second-order valence-electron chi connectivity index (χ2n) is 5.02. The van der Waals surface area contributed by atoms with Gasteiger partial charge in [0.25, 0.3) is 0 Å². The molecule has 0 bridgehead atoms. The maximum absolute atomic E-state index is 10.8. The fraction of sp³-hybridized carbons (Fsp3) is 0.917. The number of carboxylic acids is 1. The highest BCUT2D eigenvalue weighted by Crippen LogP contribution is 2.41. The lowest BCUT2D eigenvalue weighted by atomic mass is 9.68. The molecule has 2 heteroatoms. The minimum absolute atomic E-state index is 0.00285. The van der Waals surface area contributed by atoms with E-state index in [-0.39, 0.29) is 5.92 Å². The van der Waals surface area contributed by atoms with Gasteiger partial charge in [-0.05, 0) is 31.1 Å². The van der Waals surface area contributed by atoms with Crippen LogP contribution in [0, 0.1) is 17.8 Å². The van der Waals surface area contributed by atoms with Crippen molar-refractivity contribution < 1.29 is 9.90 Å². The minimum atomic E-state index is -0.558. The van der Waals surface area contributed by atoms with Gasteiger partial charge in [-0.2, -0.15) is 0 Å². The highest BCUT2D eigenvalue weighted by Gasteiger charge is 2.37. The van der Waals surface area contributed by atoms with Crippen LogP contribution in [0.1, 0.15) is 51.4 Å². The van der Waals surface area contributed by atoms with E-state index in [1.807, 2.05) is 0 Å². The second-order valence-corrected chi connectivity index (χ2v) is 5.02. The molecule has 2 saturated carbocycles. The van der Waals surface area contributed by atoms with Crippen LogP contribution in [0.25, 0.3) is 0 Å². The standard InChI is InChI=1S/C12H20O2/c13-12(14)11-7-6-10(11)8-9-4-2-1-3-5-9/h9-11H,1-8H2,(H,13,14). The first-order valence-electron chi connectivity index (χ1n) is 6.00. The molecule has 1 N–H and O–H groups in total. The molecule has 0 amide bonds. The smallest absolute Gasteiger partial charge is 0.306 e. The quantitative estimate of drug-likeness (QED) is 0.753. The molecule has 0 aromatic heterocycles. The van der Waals surface area contributed by atoms with Gasteiger partial charge in [-0.3, -0.25) is 4.79 Å². The molecule has 0 spiro atoms. The van der Waals surface area contributed by atoms with Crippen LogP contribution in [-0.4, -0.2) is 11.1 Å². The Morgan fingerprint density at radius 2 is 1.79 bits per heavy atom. The van der Waals surface area contributed by atoms with Gasteiger partial charge in [-0.25, -0.2) is 0 Å². The summed E-state index contributed by atoms with van der Waals surface area (Å²) in [7, 11) is 0. The van der Waals surface area contributed by atoms with Crippen LogP contribution >= 0.6 is 0 Å². The molecule has 0 aromatic rings. The van der Waals surface area contributed by atoms with E-state index >= 15 is 0 Å². The highest BCUT2D eigenvalue weighted by atomic mass is 16.4. The van der Waals surface area contributed by atoms with Crippen LogP contribution < -0.4 is 0 Å². The van der Waals surface area contributed by atoms with Crippen molar-refractivity contribution in [1.29, 1.82) is 0 Å². The molecule has 2 atom stereocenters. The Bertz CT molecular complexity index is 206. The van der Waals surface area contributed by atoms with Gasteiger partial charge < -0.3 is 5.11 Å². The zero-order valence-corrected chi connectivity index (χ0v) is 8.74. The van der Waals surface area contributed by atoms with Crippen LogP contribution in [0.15, 0.2) is 0 Å². The summed E-state index contributed by atoms with van der Waals surface area (Å²) in [6.45, 7) is 0. The molecule has 0 saturated heterocycles. The third-order valence-corrected chi connectivity index (χ3v) is 4.10. The van der Waals surface area contributed by atoms with Gasteiger partial charge >= 0.3 is 5.97 Å². The summed E-state index contributed by atoms with van der Waals surface area (Å²) in [5, 5.41) is 8.93. The number of hydrogen-bond acceptors (Lipinski definition) is 1. The van der Waals surface area contributed by atoms with Crippen molar-refractivity contribution in [3.8, 4) is 0 Å². The van der Waals surface area contributed by atoms with E-state index in [4.69, 9.17) is 5.11 Å². The molecule has 2 nitrogen and oxygen atoms in total. The van der Waals surface area contributed by atoms with Crippen molar-refractivity contribution >= 4 is 5.97 Å². The normalized spacial score (nSPS) is 33.7. The monoisotopic (exact) mass is 196 g/mol. The third-order valence-electron chi connectivity index (χ3n) is 4.10. The van der Waals surface area contributed by atoms with Crippen LogP contribution in [0.4, 0.5) is 0 Å². The molecule has 0 heterocycles. The van der Waals surface area contributed by atoms with Crippen molar-refractivity contribution in [2.45, 2.75) is 51.4 Å². The first-order chi connectivity index (χ1) is 6.77. The predicted octanol–water partition coefficient (Wildman–Crippen LogP) is 3.07. The number of rotatable bonds is 3. The molecular formula is C12H20O2. The molecule has 0 aromatic carbocycles. The molecule has 2 unspecified atom stereocenters. The van der Waals surface area contributed by atoms with Crippen molar-refractivity contribution in [3.05, 3.63) is 0 Å². The lowest BCUT2D eigenvalue weighted by Crippen LogP contribution is -2.34. The Morgan fingerprint density at radius 1 is 1.07 bits per heavy atom. The maximum atomic E-state index is 10.8. The Balaban J connectivity index is 1.76. The minimum Gasteiger partial charge on any atom is -0.481 e. The average molecular weight is 196 g/mol. The number of hydrogen-bond donors (Lipinski definition) is 1. The van der Waals surface area contributed by atoms with Gasteiger partial charge in [0.1, 0.15) is 0 Å². The first-order valence-corrected chi connectivity index (χ1v) is 6.00. The van der Waals surface area contributed by atoms with E-state index in [1.165, 1.54) is 38.5 Å². The largest absolute Gasteiger partial charge is 0.481 e. The summed E-state index contributed by atoms with van der Waals surface area (Å²) >= 11 is 0. The number of carboxylic acid groups (broad SMARTS) is 1. The van der Waals surface area contributed by atoms with Crippen molar-refractivity contribution in [2.75, 3.05) is 0 Å². The van der Waals surface area contributed by atoms with Crippen molar-refractivity contribution in [2.24, 2.45) is 17.8 Å². The van der Waals surface area contributed by atoms with Crippen molar-refractivity contribution in [3.63, 3.8) is 0 Å². The summed E-state index contributed by atoms with van der Waals surface area (Å²) in [4.78, 5) is 10.8. The Kier molecular flexibility index (Phi) is 3.09. The zero-order chi connectivity index (χ0) is 9.97. The SMILES string of the molecule is O=C(O)C1CCC1CC1CCCCC1. The molecule has 0 aliphatic heterocycles. The molecular weight excluding hydrogens is 176 g/mol. The Labute approximate surface area is 85.7 Å². The van der Waals surface area contributed by atoms with E-state index < -0.39 is 5.97 Å².